The quantitative estimate of drug-likeness (QED) is 0.801. The Labute approximate surface area is 139 Å². The van der Waals surface area contributed by atoms with Gasteiger partial charge in [0.25, 0.3) is 5.89 Å². The third kappa shape index (κ3) is 3.71. The SMILES string of the molecule is NC(COC1CCC1)c1noc(-c2cc(Br)cc(Br)c2)n1. The highest BCUT2D eigenvalue weighted by Crippen LogP contribution is 2.27. The minimum Gasteiger partial charge on any atom is -0.376 e. The maximum atomic E-state index is 6.04. The zero-order valence-corrected chi connectivity index (χ0v) is 14.4. The lowest BCUT2D eigenvalue weighted by atomic mass is 9.96. The summed E-state index contributed by atoms with van der Waals surface area (Å²) in [5.74, 6) is 0.923. The average molecular weight is 417 g/mol. The van der Waals surface area contributed by atoms with Crippen molar-refractivity contribution in [2.75, 3.05) is 6.61 Å². The van der Waals surface area contributed by atoms with Gasteiger partial charge in [-0.25, -0.2) is 0 Å². The molecule has 1 saturated carbocycles. The first kappa shape index (κ1) is 15.1. The molecule has 0 aliphatic heterocycles. The molecule has 21 heavy (non-hydrogen) atoms. The number of nitrogens with two attached hydrogens (primary N) is 1. The fourth-order valence-corrected chi connectivity index (χ4v) is 3.33. The monoisotopic (exact) mass is 415 g/mol. The van der Waals surface area contributed by atoms with E-state index in [1.807, 2.05) is 18.2 Å². The van der Waals surface area contributed by atoms with E-state index in [-0.39, 0.29) is 6.04 Å². The Morgan fingerprint density at radius 2 is 2.00 bits per heavy atom. The van der Waals surface area contributed by atoms with Crippen molar-refractivity contribution >= 4 is 31.9 Å². The standard InChI is InChI=1S/C14H15Br2N3O2/c15-9-4-8(5-10(16)6-9)14-18-13(19-21-14)12(17)7-20-11-2-1-3-11/h4-6,11-12H,1-3,7,17H2. The molecule has 0 radical (unpaired) electrons. The van der Waals surface area contributed by atoms with Crippen molar-refractivity contribution in [3.63, 3.8) is 0 Å². The molecule has 0 saturated heterocycles. The molecule has 0 spiro atoms. The lowest BCUT2D eigenvalue weighted by molar-refractivity contribution is -0.00549. The van der Waals surface area contributed by atoms with Crippen molar-refractivity contribution in [1.29, 1.82) is 0 Å². The van der Waals surface area contributed by atoms with Crippen molar-refractivity contribution in [3.8, 4) is 11.5 Å². The maximum Gasteiger partial charge on any atom is 0.258 e. The van der Waals surface area contributed by atoms with E-state index in [0.29, 0.717) is 24.4 Å². The van der Waals surface area contributed by atoms with Crippen LogP contribution in [0.3, 0.4) is 0 Å². The van der Waals surface area contributed by atoms with Gasteiger partial charge in [-0.15, -0.1) is 0 Å². The van der Waals surface area contributed by atoms with Gasteiger partial charge in [-0.3, -0.25) is 0 Å². The normalized spacial score (nSPS) is 16.7. The molecule has 7 heteroatoms. The highest BCUT2D eigenvalue weighted by atomic mass is 79.9. The molecular formula is C14H15Br2N3O2. The first-order valence-corrected chi connectivity index (χ1v) is 8.37. The van der Waals surface area contributed by atoms with Crippen LogP contribution in [0.15, 0.2) is 31.7 Å². The molecule has 1 unspecified atom stereocenters. The third-order valence-electron chi connectivity index (χ3n) is 3.45. The fourth-order valence-electron chi connectivity index (χ4n) is 2.03. The second-order valence-electron chi connectivity index (χ2n) is 5.11. The van der Waals surface area contributed by atoms with E-state index in [1.165, 1.54) is 6.42 Å². The molecule has 3 rings (SSSR count). The van der Waals surface area contributed by atoms with Gasteiger partial charge in [0.05, 0.1) is 18.8 Å². The highest BCUT2D eigenvalue weighted by Gasteiger charge is 2.21. The minimum atomic E-state index is -0.362. The van der Waals surface area contributed by atoms with Crippen LogP contribution in [0, 0.1) is 0 Å². The smallest absolute Gasteiger partial charge is 0.258 e. The van der Waals surface area contributed by atoms with E-state index in [0.717, 1.165) is 27.4 Å². The molecule has 1 aliphatic carbocycles. The summed E-state index contributed by atoms with van der Waals surface area (Å²) in [5.41, 5.74) is 6.88. The predicted molar refractivity (Wildman–Crippen MR) is 85.7 cm³/mol. The van der Waals surface area contributed by atoms with Gasteiger partial charge < -0.3 is 15.0 Å². The lowest BCUT2D eigenvalue weighted by Crippen LogP contribution is -2.27. The number of benzene rings is 1. The van der Waals surface area contributed by atoms with Gasteiger partial charge in [0.2, 0.25) is 0 Å². The Balaban J connectivity index is 1.69. The number of aromatic nitrogens is 2. The van der Waals surface area contributed by atoms with Crippen molar-refractivity contribution in [2.24, 2.45) is 5.73 Å². The van der Waals surface area contributed by atoms with Crippen LogP contribution in [0.1, 0.15) is 31.1 Å². The van der Waals surface area contributed by atoms with E-state index in [9.17, 15) is 0 Å². The first-order valence-electron chi connectivity index (χ1n) is 6.79. The summed E-state index contributed by atoms with van der Waals surface area (Å²) in [6.07, 6.45) is 3.83. The second-order valence-corrected chi connectivity index (χ2v) is 6.94. The zero-order valence-electron chi connectivity index (χ0n) is 11.3. The summed E-state index contributed by atoms with van der Waals surface area (Å²) in [4.78, 5) is 4.36. The number of hydrogen-bond acceptors (Lipinski definition) is 5. The van der Waals surface area contributed by atoms with Crippen molar-refractivity contribution in [3.05, 3.63) is 33.0 Å². The molecule has 2 aromatic rings. The fraction of sp³-hybridized carbons (Fsp3) is 0.429. The van der Waals surface area contributed by atoms with Crippen LogP contribution in [0.2, 0.25) is 0 Å². The Hall–Kier alpha value is -0.760. The zero-order chi connectivity index (χ0) is 14.8. The van der Waals surface area contributed by atoms with E-state index in [2.05, 4.69) is 42.0 Å². The first-order chi connectivity index (χ1) is 10.1. The molecule has 1 aliphatic rings. The molecule has 1 heterocycles. The number of hydrogen-bond donors (Lipinski definition) is 1. The van der Waals surface area contributed by atoms with Crippen LogP contribution in [-0.2, 0) is 4.74 Å². The van der Waals surface area contributed by atoms with Crippen molar-refractivity contribution < 1.29 is 9.26 Å². The van der Waals surface area contributed by atoms with E-state index < -0.39 is 0 Å². The molecule has 1 aromatic carbocycles. The van der Waals surface area contributed by atoms with Gasteiger partial charge in [-0.1, -0.05) is 37.0 Å². The molecule has 1 fully saturated rings. The number of ether oxygens (including phenoxy) is 1. The highest BCUT2D eigenvalue weighted by molar-refractivity contribution is 9.11. The number of nitrogens with zero attached hydrogens (tertiary/aromatic N) is 2. The average Bonchev–Trinajstić information content (AvgIpc) is 2.85. The van der Waals surface area contributed by atoms with Gasteiger partial charge >= 0.3 is 0 Å². The molecule has 1 atom stereocenters. The van der Waals surface area contributed by atoms with Crippen LogP contribution in [-0.4, -0.2) is 22.9 Å². The van der Waals surface area contributed by atoms with E-state index >= 15 is 0 Å². The number of halogens is 2. The summed E-state index contributed by atoms with van der Waals surface area (Å²) in [6, 6.07) is 5.41. The largest absolute Gasteiger partial charge is 0.376 e. The van der Waals surface area contributed by atoms with Crippen molar-refractivity contribution in [1.82, 2.24) is 10.1 Å². The van der Waals surface area contributed by atoms with Gasteiger partial charge in [0.1, 0.15) is 0 Å². The lowest BCUT2D eigenvalue weighted by Gasteiger charge is -2.26. The topological polar surface area (TPSA) is 74.2 Å². The summed E-state index contributed by atoms with van der Waals surface area (Å²) < 4.78 is 12.8. The Morgan fingerprint density at radius 3 is 2.62 bits per heavy atom. The molecular weight excluding hydrogens is 402 g/mol. The summed E-state index contributed by atoms with van der Waals surface area (Å²) >= 11 is 6.87. The van der Waals surface area contributed by atoms with Gasteiger partial charge in [-0.2, -0.15) is 4.98 Å². The summed E-state index contributed by atoms with van der Waals surface area (Å²) in [5, 5.41) is 3.95. The molecule has 1 aromatic heterocycles. The summed E-state index contributed by atoms with van der Waals surface area (Å²) in [7, 11) is 0. The van der Waals surface area contributed by atoms with Crippen LogP contribution in [0.5, 0.6) is 0 Å². The molecule has 0 bridgehead atoms. The van der Waals surface area contributed by atoms with Crippen LogP contribution < -0.4 is 5.73 Å². The van der Waals surface area contributed by atoms with Gasteiger partial charge in [-0.05, 0) is 37.5 Å². The molecule has 5 nitrogen and oxygen atoms in total. The predicted octanol–water partition coefficient (Wildman–Crippen LogP) is 3.83. The summed E-state index contributed by atoms with van der Waals surface area (Å²) in [6.45, 7) is 0.422. The van der Waals surface area contributed by atoms with Gasteiger partial charge in [0.15, 0.2) is 5.82 Å². The Bertz CT molecular complexity index is 608. The van der Waals surface area contributed by atoms with Crippen LogP contribution in [0.4, 0.5) is 0 Å². The van der Waals surface area contributed by atoms with Crippen LogP contribution in [0.25, 0.3) is 11.5 Å². The van der Waals surface area contributed by atoms with Gasteiger partial charge in [0, 0.05) is 14.5 Å². The Morgan fingerprint density at radius 1 is 1.29 bits per heavy atom. The minimum absolute atomic E-state index is 0.350. The maximum absolute atomic E-state index is 6.04. The molecule has 0 amide bonds. The Kier molecular flexibility index (Phi) is 4.73. The molecule has 112 valence electrons. The van der Waals surface area contributed by atoms with Crippen LogP contribution >= 0.6 is 31.9 Å². The second kappa shape index (κ2) is 6.56. The third-order valence-corrected chi connectivity index (χ3v) is 4.36. The van der Waals surface area contributed by atoms with E-state index in [4.69, 9.17) is 15.0 Å². The number of rotatable bonds is 5. The molecule has 2 N–H and O–H groups in total. The van der Waals surface area contributed by atoms with E-state index in [1.54, 1.807) is 0 Å². The van der Waals surface area contributed by atoms with Crippen molar-refractivity contribution in [2.45, 2.75) is 31.4 Å².